The highest BCUT2D eigenvalue weighted by molar-refractivity contribution is 5.70. The lowest BCUT2D eigenvalue weighted by molar-refractivity contribution is -0.138. The normalized spacial score (nSPS) is 25.2. The molecule has 2 fully saturated rings. The number of hydrogen-bond acceptors (Lipinski definition) is 4. The molecule has 6 nitrogen and oxygen atoms in total. The van der Waals surface area contributed by atoms with Gasteiger partial charge in [0.15, 0.2) is 0 Å². The van der Waals surface area contributed by atoms with Crippen molar-refractivity contribution in [2.45, 2.75) is 44.8 Å². The maximum absolute atomic E-state index is 11.8. The van der Waals surface area contributed by atoms with E-state index in [1.54, 1.807) is 4.90 Å². The van der Waals surface area contributed by atoms with E-state index in [1.165, 1.54) is 0 Å². The smallest absolute Gasteiger partial charge is 0.410 e. The quantitative estimate of drug-likeness (QED) is 0.823. The Kier molecular flexibility index (Phi) is 3.47. The molecular weight excluding hydrogens is 250 g/mol. The first kappa shape index (κ1) is 14.1. The first-order valence-electron chi connectivity index (χ1n) is 6.53. The molecular formula is C13H21NO5. The number of carboxylic acids is 1. The minimum absolute atomic E-state index is 0.0540. The molecule has 6 heteroatoms. The van der Waals surface area contributed by atoms with Crippen LogP contribution >= 0.6 is 0 Å². The van der Waals surface area contributed by atoms with Crippen LogP contribution in [-0.2, 0) is 14.3 Å². The summed E-state index contributed by atoms with van der Waals surface area (Å²) in [5.74, 6) is -0.743. The number of carbonyl (C=O) groups excluding carboxylic acids is 1. The van der Waals surface area contributed by atoms with Crippen molar-refractivity contribution in [2.24, 2.45) is 5.92 Å². The largest absolute Gasteiger partial charge is 0.481 e. The predicted octanol–water partition coefficient (Wildman–Crippen LogP) is 1.49. The highest BCUT2D eigenvalue weighted by atomic mass is 16.6. The zero-order valence-corrected chi connectivity index (χ0v) is 11.6. The Morgan fingerprint density at radius 3 is 2.58 bits per heavy atom. The number of aliphatic carboxylic acids is 1. The fraction of sp³-hybridized carbons (Fsp3) is 0.846. The van der Waals surface area contributed by atoms with E-state index in [1.807, 2.05) is 20.8 Å². The zero-order chi connectivity index (χ0) is 14.3. The Hall–Kier alpha value is -1.30. The second-order valence-electron chi connectivity index (χ2n) is 6.50. The lowest BCUT2D eigenvalue weighted by atomic mass is 9.86. The maximum atomic E-state index is 11.8. The third kappa shape index (κ3) is 3.37. The second kappa shape index (κ2) is 4.67. The standard InChI is InChI=1S/C13H21NO5/c1-12(2,3)19-11(17)14-7-13(8-14)5-9(6-18-13)4-10(15)16/h9H,4-8H2,1-3H3,(H,15,16)/t9-/m0/s1. The van der Waals surface area contributed by atoms with Crippen LogP contribution in [0.1, 0.15) is 33.6 Å². The Balaban J connectivity index is 1.80. The molecule has 1 N–H and O–H groups in total. The summed E-state index contributed by atoms with van der Waals surface area (Å²) >= 11 is 0. The van der Waals surface area contributed by atoms with Crippen molar-refractivity contribution in [3.05, 3.63) is 0 Å². The van der Waals surface area contributed by atoms with Gasteiger partial charge in [0.1, 0.15) is 11.2 Å². The van der Waals surface area contributed by atoms with E-state index < -0.39 is 11.6 Å². The molecule has 1 atom stereocenters. The van der Waals surface area contributed by atoms with E-state index >= 15 is 0 Å². The summed E-state index contributed by atoms with van der Waals surface area (Å²) in [6.45, 7) is 6.95. The third-order valence-corrected chi connectivity index (χ3v) is 3.36. The van der Waals surface area contributed by atoms with E-state index in [0.29, 0.717) is 26.1 Å². The number of nitrogens with zero attached hydrogens (tertiary/aromatic N) is 1. The SMILES string of the molecule is CC(C)(C)OC(=O)N1CC2(C[C@H](CC(=O)O)CO2)C1. The number of carbonyl (C=O) groups is 2. The van der Waals surface area contributed by atoms with Crippen molar-refractivity contribution in [1.29, 1.82) is 0 Å². The summed E-state index contributed by atoms with van der Waals surface area (Å²) in [7, 11) is 0. The monoisotopic (exact) mass is 271 g/mol. The number of rotatable bonds is 2. The molecule has 0 bridgehead atoms. The molecule has 0 aromatic heterocycles. The number of hydrogen-bond donors (Lipinski definition) is 1. The average Bonchev–Trinajstić information content (AvgIpc) is 2.55. The molecule has 2 rings (SSSR count). The van der Waals surface area contributed by atoms with Gasteiger partial charge >= 0.3 is 12.1 Å². The van der Waals surface area contributed by atoms with Crippen molar-refractivity contribution in [3.63, 3.8) is 0 Å². The first-order valence-corrected chi connectivity index (χ1v) is 6.53. The fourth-order valence-electron chi connectivity index (χ4n) is 2.64. The van der Waals surface area contributed by atoms with Gasteiger partial charge in [-0.25, -0.2) is 4.79 Å². The highest BCUT2D eigenvalue weighted by Gasteiger charge is 2.52. The molecule has 0 radical (unpaired) electrons. The first-order chi connectivity index (χ1) is 8.69. The van der Waals surface area contributed by atoms with Crippen molar-refractivity contribution < 1.29 is 24.2 Å². The van der Waals surface area contributed by atoms with Crippen LogP contribution in [0, 0.1) is 5.92 Å². The van der Waals surface area contributed by atoms with Crippen molar-refractivity contribution in [1.82, 2.24) is 4.90 Å². The topological polar surface area (TPSA) is 76.1 Å². The second-order valence-corrected chi connectivity index (χ2v) is 6.50. The maximum Gasteiger partial charge on any atom is 0.410 e. The molecule has 2 aliphatic heterocycles. The minimum Gasteiger partial charge on any atom is -0.481 e. The lowest BCUT2D eigenvalue weighted by Crippen LogP contribution is -2.63. The molecule has 108 valence electrons. The van der Waals surface area contributed by atoms with Crippen LogP contribution < -0.4 is 0 Å². The summed E-state index contributed by atoms with van der Waals surface area (Å²) < 4.78 is 11.0. The van der Waals surface area contributed by atoms with Crippen LogP contribution in [0.3, 0.4) is 0 Å². The minimum atomic E-state index is -0.797. The number of amides is 1. The Morgan fingerprint density at radius 2 is 2.05 bits per heavy atom. The van der Waals surface area contributed by atoms with E-state index in [2.05, 4.69) is 0 Å². The lowest BCUT2D eigenvalue weighted by Gasteiger charge is -2.47. The van der Waals surface area contributed by atoms with Gasteiger partial charge in [0.2, 0.25) is 0 Å². The van der Waals surface area contributed by atoms with Crippen LogP contribution in [-0.4, -0.2) is 53.0 Å². The Bertz CT molecular complexity index is 381. The average molecular weight is 271 g/mol. The van der Waals surface area contributed by atoms with Crippen LogP contribution in [0.15, 0.2) is 0 Å². The third-order valence-electron chi connectivity index (χ3n) is 3.36. The predicted molar refractivity (Wildman–Crippen MR) is 66.8 cm³/mol. The Morgan fingerprint density at radius 1 is 1.42 bits per heavy atom. The summed E-state index contributed by atoms with van der Waals surface area (Å²) in [4.78, 5) is 24.1. The number of carboxylic acid groups (broad SMARTS) is 1. The van der Waals surface area contributed by atoms with Crippen LogP contribution in [0.25, 0.3) is 0 Å². The molecule has 0 unspecified atom stereocenters. The molecule has 2 aliphatic rings. The number of ether oxygens (including phenoxy) is 2. The van der Waals surface area contributed by atoms with Gasteiger partial charge in [-0.15, -0.1) is 0 Å². The van der Waals surface area contributed by atoms with Gasteiger partial charge < -0.3 is 19.5 Å². The molecule has 19 heavy (non-hydrogen) atoms. The van der Waals surface area contributed by atoms with Crippen molar-refractivity contribution in [2.75, 3.05) is 19.7 Å². The number of likely N-dealkylation sites (tertiary alicyclic amines) is 1. The van der Waals surface area contributed by atoms with Crippen LogP contribution in [0.2, 0.25) is 0 Å². The van der Waals surface area contributed by atoms with Crippen LogP contribution in [0.5, 0.6) is 0 Å². The van der Waals surface area contributed by atoms with Gasteiger partial charge in [-0.1, -0.05) is 0 Å². The fourth-order valence-corrected chi connectivity index (χ4v) is 2.64. The van der Waals surface area contributed by atoms with Gasteiger partial charge in [0.05, 0.1) is 26.1 Å². The highest BCUT2D eigenvalue weighted by Crippen LogP contribution is 2.39. The molecule has 0 aliphatic carbocycles. The van der Waals surface area contributed by atoms with Gasteiger partial charge in [0.25, 0.3) is 0 Å². The summed E-state index contributed by atoms with van der Waals surface area (Å²) in [5.41, 5.74) is -0.834. The van der Waals surface area contributed by atoms with Gasteiger partial charge in [-0.05, 0) is 33.1 Å². The van der Waals surface area contributed by atoms with Crippen molar-refractivity contribution in [3.8, 4) is 0 Å². The summed E-state index contributed by atoms with van der Waals surface area (Å²) in [6.07, 6.45) is 0.510. The van der Waals surface area contributed by atoms with Crippen molar-refractivity contribution >= 4 is 12.1 Å². The van der Waals surface area contributed by atoms with Crippen LogP contribution in [0.4, 0.5) is 4.79 Å². The summed E-state index contributed by atoms with van der Waals surface area (Å²) in [6, 6.07) is 0. The summed E-state index contributed by atoms with van der Waals surface area (Å²) in [5, 5.41) is 8.76. The Labute approximate surface area is 112 Å². The molecule has 2 saturated heterocycles. The van der Waals surface area contributed by atoms with E-state index in [-0.39, 0.29) is 24.0 Å². The molecule has 2 heterocycles. The van der Waals surface area contributed by atoms with E-state index in [0.717, 1.165) is 0 Å². The van der Waals surface area contributed by atoms with Gasteiger partial charge in [0, 0.05) is 0 Å². The molecule has 0 aromatic carbocycles. The zero-order valence-electron chi connectivity index (χ0n) is 11.6. The van der Waals surface area contributed by atoms with Gasteiger partial charge in [-0.2, -0.15) is 0 Å². The molecule has 1 amide bonds. The molecule has 0 saturated carbocycles. The van der Waals surface area contributed by atoms with Gasteiger partial charge in [-0.3, -0.25) is 4.79 Å². The van der Waals surface area contributed by atoms with E-state index in [9.17, 15) is 9.59 Å². The molecule has 0 aromatic rings. The van der Waals surface area contributed by atoms with E-state index in [4.69, 9.17) is 14.6 Å². The molecule has 1 spiro atoms.